The van der Waals surface area contributed by atoms with Crippen LogP contribution in [0, 0.1) is 11.8 Å². The number of hydrogen-bond donors (Lipinski definition) is 2. The first-order valence-corrected chi connectivity index (χ1v) is 6.57. The van der Waals surface area contributed by atoms with Crippen molar-refractivity contribution in [3.8, 4) is 0 Å². The molecule has 1 aliphatic rings. The summed E-state index contributed by atoms with van der Waals surface area (Å²) in [5, 5.41) is 11.7. The number of amides is 1. The van der Waals surface area contributed by atoms with Gasteiger partial charge >= 0.3 is 12.1 Å². The maximum absolute atomic E-state index is 11.4. The Morgan fingerprint density at radius 2 is 2.11 bits per heavy atom. The van der Waals surface area contributed by atoms with E-state index in [9.17, 15) is 9.59 Å². The molecule has 1 amide bonds. The molecule has 110 valence electrons. The molecule has 2 N–H and O–H groups in total. The Morgan fingerprint density at radius 1 is 1.42 bits per heavy atom. The maximum atomic E-state index is 11.4. The van der Waals surface area contributed by atoms with Crippen molar-refractivity contribution in [1.82, 2.24) is 5.32 Å². The molecule has 0 bridgehead atoms. The van der Waals surface area contributed by atoms with Crippen molar-refractivity contribution >= 4 is 12.1 Å². The molecular formula is C13H23NO5. The van der Waals surface area contributed by atoms with Crippen molar-refractivity contribution in [3.63, 3.8) is 0 Å². The summed E-state index contributed by atoms with van der Waals surface area (Å²) < 4.78 is 10.3. The molecule has 1 saturated heterocycles. The monoisotopic (exact) mass is 273 g/mol. The molecule has 1 fully saturated rings. The highest BCUT2D eigenvalue weighted by atomic mass is 16.6. The van der Waals surface area contributed by atoms with Gasteiger partial charge in [-0.2, -0.15) is 0 Å². The van der Waals surface area contributed by atoms with Gasteiger partial charge in [0.25, 0.3) is 0 Å². The summed E-state index contributed by atoms with van der Waals surface area (Å²) in [6, 6.07) is 0. The van der Waals surface area contributed by atoms with Gasteiger partial charge in [-0.1, -0.05) is 0 Å². The van der Waals surface area contributed by atoms with E-state index in [1.807, 2.05) is 0 Å². The highest BCUT2D eigenvalue weighted by Crippen LogP contribution is 2.24. The van der Waals surface area contributed by atoms with Crippen LogP contribution in [-0.4, -0.2) is 42.5 Å². The topological polar surface area (TPSA) is 84.9 Å². The lowest BCUT2D eigenvalue weighted by Gasteiger charge is -2.28. The third-order valence-electron chi connectivity index (χ3n) is 3.00. The van der Waals surface area contributed by atoms with Gasteiger partial charge in [0.05, 0.1) is 12.5 Å². The van der Waals surface area contributed by atoms with Crippen LogP contribution in [0.2, 0.25) is 0 Å². The third kappa shape index (κ3) is 5.92. The van der Waals surface area contributed by atoms with Crippen molar-refractivity contribution < 1.29 is 24.2 Å². The van der Waals surface area contributed by atoms with Crippen LogP contribution in [-0.2, 0) is 14.3 Å². The number of carboxylic acids is 1. The van der Waals surface area contributed by atoms with Crippen molar-refractivity contribution in [3.05, 3.63) is 0 Å². The van der Waals surface area contributed by atoms with Crippen LogP contribution in [0.15, 0.2) is 0 Å². The van der Waals surface area contributed by atoms with E-state index >= 15 is 0 Å². The molecule has 0 aromatic carbocycles. The maximum Gasteiger partial charge on any atom is 0.407 e. The average Bonchev–Trinajstić information content (AvgIpc) is 2.27. The van der Waals surface area contributed by atoms with E-state index in [0.717, 1.165) is 0 Å². The van der Waals surface area contributed by atoms with E-state index in [1.54, 1.807) is 20.8 Å². The molecule has 0 aromatic heterocycles. The van der Waals surface area contributed by atoms with Gasteiger partial charge in [-0.3, -0.25) is 4.79 Å². The molecule has 2 atom stereocenters. The molecule has 0 spiro atoms. The Labute approximate surface area is 113 Å². The molecule has 1 heterocycles. The minimum Gasteiger partial charge on any atom is -0.481 e. The highest BCUT2D eigenvalue weighted by Gasteiger charge is 2.31. The molecule has 0 radical (unpaired) electrons. The quantitative estimate of drug-likeness (QED) is 0.813. The Kier molecular flexibility index (Phi) is 5.60. The van der Waals surface area contributed by atoms with Gasteiger partial charge in [-0.15, -0.1) is 0 Å². The fourth-order valence-corrected chi connectivity index (χ4v) is 2.07. The first kappa shape index (κ1) is 15.8. The van der Waals surface area contributed by atoms with Crippen molar-refractivity contribution in [2.24, 2.45) is 11.8 Å². The van der Waals surface area contributed by atoms with Gasteiger partial charge in [-0.25, -0.2) is 4.79 Å². The second-order valence-electron chi connectivity index (χ2n) is 5.79. The minimum absolute atomic E-state index is 0.0428. The van der Waals surface area contributed by atoms with Gasteiger partial charge in [-0.05, 0) is 39.5 Å². The van der Waals surface area contributed by atoms with Crippen LogP contribution in [0.5, 0.6) is 0 Å². The summed E-state index contributed by atoms with van der Waals surface area (Å²) in [6.45, 7) is 6.65. The van der Waals surface area contributed by atoms with Gasteiger partial charge in [0, 0.05) is 13.2 Å². The summed E-state index contributed by atoms with van der Waals surface area (Å²) >= 11 is 0. The Bertz CT molecular complexity index is 323. The van der Waals surface area contributed by atoms with Crippen LogP contribution < -0.4 is 5.32 Å². The Balaban J connectivity index is 2.31. The van der Waals surface area contributed by atoms with Crippen LogP contribution in [0.1, 0.15) is 33.6 Å². The second kappa shape index (κ2) is 6.75. The van der Waals surface area contributed by atoms with Crippen LogP contribution in [0.25, 0.3) is 0 Å². The van der Waals surface area contributed by atoms with E-state index < -0.39 is 23.6 Å². The molecule has 0 aliphatic carbocycles. The molecule has 0 saturated carbocycles. The van der Waals surface area contributed by atoms with E-state index in [1.165, 1.54) is 0 Å². The predicted octanol–water partition coefficient (Wildman–Crippen LogP) is 1.64. The molecule has 19 heavy (non-hydrogen) atoms. The number of hydrogen-bond acceptors (Lipinski definition) is 4. The zero-order chi connectivity index (χ0) is 14.5. The van der Waals surface area contributed by atoms with E-state index in [0.29, 0.717) is 26.0 Å². The van der Waals surface area contributed by atoms with Crippen molar-refractivity contribution in [1.29, 1.82) is 0 Å². The average molecular weight is 273 g/mol. The summed E-state index contributed by atoms with van der Waals surface area (Å²) in [5.74, 6) is -1.27. The summed E-state index contributed by atoms with van der Waals surface area (Å²) in [6.07, 6.45) is 0.874. The zero-order valence-electron chi connectivity index (χ0n) is 11.8. The SMILES string of the molecule is CC(C)(C)OC(=O)NCC[C@H]1CCOC[C@H]1C(=O)O. The normalized spacial score (nSPS) is 23.7. The lowest BCUT2D eigenvalue weighted by atomic mass is 9.86. The van der Waals surface area contributed by atoms with Gasteiger partial charge in [0.1, 0.15) is 5.60 Å². The summed E-state index contributed by atoms with van der Waals surface area (Å²) in [4.78, 5) is 22.5. The Hall–Kier alpha value is -1.30. The Morgan fingerprint density at radius 3 is 2.68 bits per heavy atom. The highest BCUT2D eigenvalue weighted by molar-refractivity contribution is 5.70. The van der Waals surface area contributed by atoms with Crippen molar-refractivity contribution in [2.75, 3.05) is 19.8 Å². The van der Waals surface area contributed by atoms with Gasteiger partial charge in [0.2, 0.25) is 0 Å². The fourth-order valence-electron chi connectivity index (χ4n) is 2.07. The van der Waals surface area contributed by atoms with Crippen LogP contribution >= 0.6 is 0 Å². The molecule has 6 heteroatoms. The number of carbonyl (C=O) groups is 2. The second-order valence-corrected chi connectivity index (χ2v) is 5.79. The molecule has 0 unspecified atom stereocenters. The molecule has 1 rings (SSSR count). The van der Waals surface area contributed by atoms with Gasteiger partial charge < -0.3 is 19.9 Å². The number of rotatable bonds is 4. The molecule has 0 aromatic rings. The standard InChI is InChI=1S/C13H23NO5/c1-13(2,3)19-12(17)14-6-4-9-5-7-18-8-10(9)11(15)16/h9-10H,4-8H2,1-3H3,(H,14,17)(H,15,16)/t9-,10+/m0/s1. The first-order valence-electron chi connectivity index (χ1n) is 6.57. The minimum atomic E-state index is -0.832. The van der Waals surface area contributed by atoms with E-state index in [2.05, 4.69) is 5.32 Å². The first-order chi connectivity index (χ1) is 8.79. The lowest BCUT2D eigenvalue weighted by Crippen LogP contribution is -2.37. The predicted molar refractivity (Wildman–Crippen MR) is 68.9 cm³/mol. The number of alkyl carbamates (subject to hydrolysis) is 1. The fraction of sp³-hybridized carbons (Fsp3) is 0.846. The molecule has 1 aliphatic heterocycles. The van der Waals surface area contributed by atoms with Crippen LogP contribution in [0.4, 0.5) is 4.79 Å². The van der Waals surface area contributed by atoms with E-state index in [-0.39, 0.29) is 12.5 Å². The van der Waals surface area contributed by atoms with Crippen LogP contribution in [0.3, 0.4) is 0 Å². The molecule has 6 nitrogen and oxygen atoms in total. The number of ether oxygens (including phenoxy) is 2. The van der Waals surface area contributed by atoms with Crippen molar-refractivity contribution in [2.45, 2.75) is 39.2 Å². The summed E-state index contributed by atoms with van der Waals surface area (Å²) in [7, 11) is 0. The number of carbonyl (C=O) groups excluding carboxylic acids is 1. The summed E-state index contributed by atoms with van der Waals surface area (Å²) in [5.41, 5.74) is -0.521. The number of nitrogens with one attached hydrogen (secondary N) is 1. The smallest absolute Gasteiger partial charge is 0.407 e. The number of aliphatic carboxylic acids is 1. The molecular weight excluding hydrogens is 250 g/mol. The van der Waals surface area contributed by atoms with E-state index in [4.69, 9.17) is 14.6 Å². The lowest BCUT2D eigenvalue weighted by molar-refractivity contribution is -0.149. The third-order valence-corrected chi connectivity index (χ3v) is 3.00. The number of carboxylic acid groups (broad SMARTS) is 1. The van der Waals surface area contributed by atoms with Gasteiger partial charge in [0.15, 0.2) is 0 Å². The largest absolute Gasteiger partial charge is 0.481 e. The zero-order valence-corrected chi connectivity index (χ0v) is 11.8.